The van der Waals surface area contributed by atoms with Gasteiger partial charge in [0.05, 0.1) is 5.92 Å². The van der Waals surface area contributed by atoms with E-state index in [2.05, 4.69) is 24.1 Å². The summed E-state index contributed by atoms with van der Waals surface area (Å²) < 4.78 is 9.98. The van der Waals surface area contributed by atoms with Crippen molar-refractivity contribution in [2.45, 2.75) is 62.8 Å². The number of piperidine rings is 1. The predicted molar refractivity (Wildman–Crippen MR) is 153 cm³/mol. The van der Waals surface area contributed by atoms with Gasteiger partial charge in [-0.2, -0.15) is 0 Å². The summed E-state index contributed by atoms with van der Waals surface area (Å²) in [6.07, 6.45) is -8.24. The molecule has 2 heterocycles. The van der Waals surface area contributed by atoms with E-state index in [1.54, 1.807) is 12.1 Å². The zero-order valence-corrected chi connectivity index (χ0v) is 24.2. The first-order valence-corrected chi connectivity index (χ1v) is 14.3. The molecule has 2 fully saturated rings. The molecule has 0 bridgehead atoms. The van der Waals surface area contributed by atoms with Crippen molar-refractivity contribution in [1.29, 1.82) is 0 Å². The molecule has 0 aliphatic carbocycles. The Morgan fingerprint density at radius 2 is 1.79 bits per heavy atom. The van der Waals surface area contributed by atoms with Crippen molar-refractivity contribution in [3.05, 3.63) is 65.7 Å². The van der Waals surface area contributed by atoms with Gasteiger partial charge in [-0.25, -0.2) is 4.79 Å². The molecule has 0 radical (unpaired) electrons. The molecule has 2 aromatic rings. The van der Waals surface area contributed by atoms with Crippen molar-refractivity contribution in [2.75, 3.05) is 26.2 Å². The van der Waals surface area contributed by atoms with Crippen LogP contribution in [0.2, 0.25) is 0 Å². The number of carbonyl (C=O) groups excluding carboxylic acids is 2. The summed E-state index contributed by atoms with van der Waals surface area (Å²) in [6.45, 7) is 5.65. The molecule has 0 aromatic heterocycles. The zero-order chi connectivity index (χ0) is 31.3. The third-order valence-electron chi connectivity index (χ3n) is 8.71. The topological polar surface area (TPSA) is 186 Å². The van der Waals surface area contributed by atoms with Crippen LogP contribution in [0.4, 0.5) is 0 Å². The number of ether oxygens (including phenoxy) is 2. The fourth-order valence-electron chi connectivity index (χ4n) is 5.85. The molecule has 8 atom stereocenters. The first-order chi connectivity index (χ1) is 20.4. The monoisotopic (exact) mass is 600 g/mol. The molecule has 0 saturated carbocycles. The molecule has 234 valence electrons. The number of likely N-dealkylation sites (tertiary alicyclic amines) is 1. The van der Waals surface area contributed by atoms with Gasteiger partial charge >= 0.3 is 11.9 Å². The van der Waals surface area contributed by atoms with Gasteiger partial charge in [-0.05, 0) is 54.0 Å². The minimum absolute atomic E-state index is 0.148. The van der Waals surface area contributed by atoms with E-state index >= 15 is 0 Å². The number of carboxylic acid groups (broad SMARTS) is 1. The van der Waals surface area contributed by atoms with Crippen LogP contribution >= 0.6 is 0 Å². The maximum Gasteiger partial charge on any atom is 0.335 e. The van der Waals surface area contributed by atoms with Crippen LogP contribution in [0, 0.1) is 11.8 Å². The number of aliphatic hydroxyl groups excluding tert-OH is 3. The number of phenols is 1. The second-order valence-electron chi connectivity index (χ2n) is 11.7. The summed E-state index contributed by atoms with van der Waals surface area (Å²) in [4.78, 5) is 39.4. The number of aliphatic carboxylic acids is 1. The third kappa shape index (κ3) is 7.70. The fraction of sp³-hybridized carbons (Fsp3) is 0.516. The SMILES string of the molecule is C[C@@H]1CN(C[C@@H](Cc2ccccc2)C(=O)NCC(=O)OC2OC(C(=O)O)C(O)C(O)C2O)CC[C@]1(C)c1cccc(O)c1. The predicted octanol–water partition coefficient (Wildman–Crippen LogP) is 0.402. The number of hydrogen-bond acceptors (Lipinski definition) is 10. The Hall–Kier alpha value is -3.55. The Bertz CT molecular complexity index is 1280. The summed E-state index contributed by atoms with van der Waals surface area (Å²) in [5.41, 5.74) is 1.87. The van der Waals surface area contributed by atoms with E-state index in [0.29, 0.717) is 13.0 Å². The van der Waals surface area contributed by atoms with Crippen LogP contribution in [0.5, 0.6) is 5.75 Å². The minimum atomic E-state index is -1.92. The van der Waals surface area contributed by atoms with Gasteiger partial charge in [0.1, 0.15) is 30.6 Å². The molecule has 2 aromatic carbocycles. The van der Waals surface area contributed by atoms with Crippen LogP contribution in [-0.4, -0.2) is 105 Å². The molecule has 1 amide bonds. The Balaban J connectivity index is 1.38. The number of aliphatic hydroxyl groups is 3. The summed E-state index contributed by atoms with van der Waals surface area (Å²) in [6, 6.07) is 16.8. The standard InChI is InChI=1S/C31H40N2O10/c1-18-16-33(12-11-31(18,2)21-9-6-10-22(34)14-21)17-20(13-19-7-4-3-5-8-19)28(39)32-15-23(35)42-30-26(38)24(36)25(37)27(43-30)29(40)41/h3-10,14,18,20,24-27,30,34,36-38H,11-13,15-17H2,1-2H3,(H,32,39)(H,40,41)/t18-,20-,24?,25?,26?,27?,30?,31+/m1/s1. The van der Waals surface area contributed by atoms with E-state index in [4.69, 9.17) is 9.47 Å². The molecule has 5 unspecified atom stereocenters. The lowest BCUT2D eigenvalue weighted by molar-refractivity contribution is -0.286. The minimum Gasteiger partial charge on any atom is -0.508 e. The quantitative estimate of drug-likeness (QED) is 0.207. The number of aromatic hydroxyl groups is 1. The summed E-state index contributed by atoms with van der Waals surface area (Å²) >= 11 is 0. The number of carbonyl (C=O) groups is 3. The zero-order valence-electron chi connectivity index (χ0n) is 24.2. The summed E-state index contributed by atoms with van der Waals surface area (Å²) in [5.74, 6) is -3.07. The number of phenolic OH excluding ortho intramolecular Hbond substituents is 1. The van der Waals surface area contributed by atoms with E-state index in [1.165, 1.54) is 0 Å². The van der Waals surface area contributed by atoms with Crippen LogP contribution in [0.25, 0.3) is 0 Å². The number of benzene rings is 2. The van der Waals surface area contributed by atoms with Crippen LogP contribution in [0.1, 0.15) is 31.4 Å². The highest BCUT2D eigenvalue weighted by atomic mass is 16.7. The van der Waals surface area contributed by atoms with Gasteiger partial charge < -0.3 is 45.2 Å². The summed E-state index contributed by atoms with van der Waals surface area (Å²) in [7, 11) is 0. The van der Waals surface area contributed by atoms with Crippen molar-refractivity contribution >= 4 is 17.8 Å². The van der Waals surface area contributed by atoms with E-state index in [-0.39, 0.29) is 17.1 Å². The van der Waals surface area contributed by atoms with E-state index in [9.17, 15) is 39.9 Å². The van der Waals surface area contributed by atoms with Gasteiger partial charge in [-0.3, -0.25) is 9.59 Å². The second kappa shape index (κ2) is 13.8. The highest BCUT2D eigenvalue weighted by molar-refractivity contribution is 5.84. The Morgan fingerprint density at radius 1 is 1.07 bits per heavy atom. The lowest BCUT2D eigenvalue weighted by Crippen LogP contribution is -2.60. The van der Waals surface area contributed by atoms with Crippen molar-refractivity contribution in [3.63, 3.8) is 0 Å². The summed E-state index contributed by atoms with van der Waals surface area (Å²) in [5, 5.41) is 51.6. The van der Waals surface area contributed by atoms with Crippen LogP contribution in [-0.2, 0) is 35.7 Å². The molecular weight excluding hydrogens is 560 g/mol. The third-order valence-corrected chi connectivity index (χ3v) is 8.71. The molecule has 12 heteroatoms. The number of carboxylic acids is 1. The molecular formula is C31H40N2O10. The van der Waals surface area contributed by atoms with E-state index in [1.807, 2.05) is 42.5 Å². The van der Waals surface area contributed by atoms with Crippen LogP contribution < -0.4 is 5.32 Å². The van der Waals surface area contributed by atoms with Crippen LogP contribution in [0.15, 0.2) is 54.6 Å². The molecule has 4 rings (SSSR count). The Kier molecular flexibility index (Phi) is 10.4. The molecule has 2 aliphatic rings. The number of nitrogens with zero attached hydrogens (tertiary/aromatic N) is 1. The van der Waals surface area contributed by atoms with Gasteiger partial charge in [0.15, 0.2) is 6.10 Å². The maximum absolute atomic E-state index is 13.4. The molecule has 12 nitrogen and oxygen atoms in total. The molecule has 2 aliphatic heterocycles. The van der Waals surface area contributed by atoms with Gasteiger partial charge in [0.2, 0.25) is 12.2 Å². The van der Waals surface area contributed by atoms with E-state index < -0.39 is 61.0 Å². The first-order valence-electron chi connectivity index (χ1n) is 14.3. The van der Waals surface area contributed by atoms with Crippen molar-refractivity contribution in [2.24, 2.45) is 11.8 Å². The number of nitrogens with one attached hydrogen (secondary N) is 1. The average molecular weight is 601 g/mol. The van der Waals surface area contributed by atoms with Gasteiger partial charge in [0.25, 0.3) is 0 Å². The Morgan fingerprint density at radius 3 is 2.44 bits per heavy atom. The average Bonchev–Trinajstić information content (AvgIpc) is 2.98. The largest absolute Gasteiger partial charge is 0.508 e. The smallest absolute Gasteiger partial charge is 0.335 e. The number of hydrogen-bond donors (Lipinski definition) is 6. The fourth-order valence-corrected chi connectivity index (χ4v) is 5.85. The highest BCUT2D eigenvalue weighted by Gasteiger charge is 2.48. The number of esters is 1. The molecule has 43 heavy (non-hydrogen) atoms. The molecule has 0 spiro atoms. The van der Waals surface area contributed by atoms with Gasteiger partial charge in [-0.15, -0.1) is 0 Å². The lowest BCUT2D eigenvalue weighted by Gasteiger charge is -2.45. The highest BCUT2D eigenvalue weighted by Crippen LogP contribution is 2.40. The van der Waals surface area contributed by atoms with Crippen molar-refractivity contribution < 1.29 is 49.4 Å². The van der Waals surface area contributed by atoms with E-state index in [0.717, 1.165) is 30.6 Å². The van der Waals surface area contributed by atoms with Gasteiger partial charge in [0, 0.05) is 13.1 Å². The van der Waals surface area contributed by atoms with Crippen molar-refractivity contribution in [3.8, 4) is 5.75 Å². The lowest BCUT2D eigenvalue weighted by atomic mass is 9.68. The number of rotatable bonds is 10. The van der Waals surface area contributed by atoms with Crippen LogP contribution in [0.3, 0.4) is 0 Å². The molecule has 2 saturated heterocycles. The Labute approximate surface area is 249 Å². The molecule has 6 N–H and O–H groups in total. The normalized spacial score (nSPS) is 30.3. The number of amides is 1. The maximum atomic E-state index is 13.4. The van der Waals surface area contributed by atoms with Crippen molar-refractivity contribution in [1.82, 2.24) is 10.2 Å². The second-order valence-corrected chi connectivity index (χ2v) is 11.7. The van der Waals surface area contributed by atoms with Gasteiger partial charge in [-0.1, -0.05) is 56.3 Å². The first kappa shape index (κ1) is 32.4.